The van der Waals surface area contributed by atoms with E-state index in [4.69, 9.17) is 23.2 Å². The van der Waals surface area contributed by atoms with Crippen LogP contribution < -0.4 is 0 Å². The van der Waals surface area contributed by atoms with Crippen LogP contribution in [0.1, 0.15) is 13.3 Å². The van der Waals surface area contributed by atoms with Gasteiger partial charge in [0.1, 0.15) is 0 Å². The summed E-state index contributed by atoms with van der Waals surface area (Å²) < 4.78 is 0. The van der Waals surface area contributed by atoms with Crippen LogP contribution in [0.5, 0.6) is 0 Å². The fourth-order valence-corrected chi connectivity index (χ4v) is 0.434. The summed E-state index contributed by atoms with van der Waals surface area (Å²) in [6.45, 7) is 5.53. The highest BCUT2D eigenvalue weighted by Crippen LogP contribution is 2.10. The van der Waals surface area contributed by atoms with Crippen molar-refractivity contribution in [3.63, 3.8) is 0 Å². The van der Waals surface area contributed by atoms with Gasteiger partial charge in [-0.15, -0.1) is 23.2 Å². The molecule has 0 rings (SSSR count). The second-order valence-electron chi connectivity index (χ2n) is 1.44. The Bertz CT molecular complexity index is 43.3. The summed E-state index contributed by atoms with van der Waals surface area (Å²) in [7, 11) is 0. The van der Waals surface area contributed by atoms with E-state index in [1.807, 2.05) is 6.92 Å². The molecule has 0 heterocycles. The van der Waals surface area contributed by atoms with Crippen molar-refractivity contribution in [1.29, 1.82) is 0 Å². The van der Waals surface area contributed by atoms with Gasteiger partial charge in [0.25, 0.3) is 0 Å². The van der Waals surface area contributed by atoms with E-state index in [2.05, 4.69) is 6.92 Å². The molecule has 0 aliphatic rings. The fraction of sp³-hybridized carbons (Fsp3) is 0.800. The molecule has 2 unspecified atom stereocenters. The minimum Gasteiger partial charge on any atom is -0.121 e. The summed E-state index contributed by atoms with van der Waals surface area (Å²) in [6, 6.07) is 0. The first-order valence-electron chi connectivity index (χ1n) is 2.29. The number of halogens is 2. The third-order valence-electron chi connectivity index (χ3n) is 0.782. The molecule has 0 fully saturated rings. The van der Waals surface area contributed by atoms with Crippen LogP contribution in [0, 0.1) is 6.92 Å². The van der Waals surface area contributed by atoms with Gasteiger partial charge in [0.2, 0.25) is 0 Å². The summed E-state index contributed by atoms with van der Waals surface area (Å²) >= 11 is 11.1. The first kappa shape index (κ1) is 7.58. The topological polar surface area (TPSA) is 0 Å². The van der Waals surface area contributed by atoms with Crippen LogP contribution >= 0.6 is 23.2 Å². The van der Waals surface area contributed by atoms with E-state index in [-0.39, 0.29) is 10.8 Å². The molecule has 0 bridgehead atoms. The van der Waals surface area contributed by atoms with Gasteiger partial charge < -0.3 is 0 Å². The van der Waals surface area contributed by atoms with Crippen molar-refractivity contribution >= 4 is 23.2 Å². The first-order chi connectivity index (χ1) is 3.18. The Balaban J connectivity index is 3.14. The van der Waals surface area contributed by atoms with Gasteiger partial charge in [-0.05, 0) is 13.3 Å². The van der Waals surface area contributed by atoms with Crippen LogP contribution in [0.25, 0.3) is 0 Å². The Labute approximate surface area is 54.8 Å². The highest BCUT2D eigenvalue weighted by Gasteiger charge is 2.06. The summed E-state index contributed by atoms with van der Waals surface area (Å²) in [4.78, 5) is 0. The van der Waals surface area contributed by atoms with Gasteiger partial charge >= 0.3 is 0 Å². The molecule has 0 aromatic carbocycles. The van der Waals surface area contributed by atoms with Crippen molar-refractivity contribution in [2.45, 2.75) is 24.1 Å². The van der Waals surface area contributed by atoms with E-state index in [0.717, 1.165) is 6.42 Å². The summed E-state index contributed by atoms with van der Waals surface area (Å²) in [5, 5.41) is -0.117. The normalized spacial score (nSPS) is 18.9. The molecule has 0 amide bonds. The van der Waals surface area contributed by atoms with E-state index in [0.29, 0.717) is 0 Å². The average molecular weight is 140 g/mol. The van der Waals surface area contributed by atoms with Gasteiger partial charge in [-0.1, -0.05) is 6.92 Å². The molecule has 0 saturated heterocycles. The van der Waals surface area contributed by atoms with Crippen molar-refractivity contribution in [3.8, 4) is 0 Å². The lowest BCUT2D eigenvalue weighted by Gasteiger charge is -2.05. The molecule has 2 atom stereocenters. The molecule has 0 aliphatic heterocycles. The lowest BCUT2D eigenvalue weighted by molar-refractivity contribution is 0.829. The maximum Gasteiger partial charge on any atom is 0.0500 e. The lowest BCUT2D eigenvalue weighted by Crippen LogP contribution is -2.08. The second-order valence-corrected chi connectivity index (χ2v) is 2.56. The highest BCUT2D eigenvalue weighted by molar-refractivity contribution is 6.30. The van der Waals surface area contributed by atoms with E-state index in [1.54, 1.807) is 0 Å². The molecule has 0 spiro atoms. The Kier molecular flexibility index (Phi) is 3.86. The highest BCUT2D eigenvalue weighted by atomic mass is 35.5. The minimum atomic E-state index is -0.147. The van der Waals surface area contributed by atoms with Gasteiger partial charge in [-0.25, -0.2) is 0 Å². The zero-order valence-electron chi connectivity index (χ0n) is 4.32. The number of hydrogen-bond donors (Lipinski definition) is 0. The Hall–Kier alpha value is 0.580. The number of alkyl halides is 2. The zero-order valence-corrected chi connectivity index (χ0v) is 5.84. The van der Waals surface area contributed by atoms with Gasteiger partial charge in [0.15, 0.2) is 0 Å². The molecule has 7 heavy (non-hydrogen) atoms. The quantitative estimate of drug-likeness (QED) is 0.516. The van der Waals surface area contributed by atoms with Crippen molar-refractivity contribution in [1.82, 2.24) is 0 Å². The average Bonchev–Trinajstić information content (AvgIpc) is 1.65. The summed E-state index contributed by atoms with van der Waals surface area (Å²) in [5.74, 6) is 0. The monoisotopic (exact) mass is 139 g/mol. The molecular weight excluding hydrogens is 131 g/mol. The molecule has 0 saturated carbocycles. The van der Waals surface area contributed by atoms with Crippen molar-refractivity contribution in [2.75, 3.05) is 0 Å². The fourth-order valence-electron chi connectivity index (χ4n) is 0.256. The Morgan fingerprint density at radius 3 is 2.00 bits per heavy atom. The Morgan fingerprint density at radius 1 is 1.57 bits per heavy atom. The van der Waals surface area contributed by atoms with E-state index >= 15 is 0 Å². The molecular formula is C5H9Cl2. The third kappa shape index (κ3) is 3.19. The van der Waals surface area contributed by atoms with Gasteiger partial charge in [-0.3, -0.25) is 0 Å². The van der Waals surface area contributed by atoms with E-state index in [9.17, 15) is 0 Å². The first-order valence-corrected chi connectivity index (χ1v) is 3.17. The van der Waals surface area contributed by atoms with Crippen LogP contribution in [0.4, 0.5) is 0 Å². The van der Waals surface area contributed by atoms with E-state index < -0.39 is 0 Å². The smallest absolute Gasteiger partial charge is 0.0500 e. The van der Waals surface area contributed by atoms with Gasteiger partial charge in [0, 0.05) is 10.8 Å². The standard InChI is InChI=1S/C5H9Cl2/c1-3-5(7)4(2)6/h4-5H,2-3H2,1H3. The third-order valence-corrected chi connectivity index (χ3v) is 1.83. The van der Waals surface area contributed by atoms with Crippen LogP contribution in [-0.2, 0) is 0 Å². The van der Waals surface area contributed by atoms with Crippen molar-refractivity contribution < 1.29 is 0 Å². The maximum atomic E-state index is 5.61. The molecule has 2 heteroatoms. The minimum absolute atomic E-state index is 0.0293. The maximum absolute atomic E-state index is 5.61. The number of rotatable bonds is 2. The molecule has 0 nitrogen and oxygen atoms in total. The van der Waals surface area contributed by atoms with Crippen LogP contribution in [0.3, 0.4) is 0 Å². The summed E-state index contributed by atoms with van der Waals surface area (Å²) in [5.41, 5.74) is 0. The van der Waals surface area contributed by atoms with Crippen LogP contribution in [0.2, 0.25) is 0 Å². The molecule has 0 aromatic heterocycles. The zero-order chi connectivity index (χ0) is 5.86. The molecule has 1 radical (unpaired) electrons. The molecule has 0 aromatic rings. The molecule has 0 aliphatic carbocycles. The van der Waals surface area contributed by atoms with Crippen LogP contribution in [-0.4, -0.2) is 10.8 Å². The van der Waals surface area contributed by atoms with Crippen LogP contribution in [0.15, 0.2) is 0 Å². The SMILES string of the molecule is [CH2]C(Cl)C(Cl)CC. The number of hydrogen-bond acceptors (Lipinski definition) is 0. The van der Waals surface area contributed by atoms with Crippen molar-refractivity contribution in [2.24, 2.45) is 0 Å². The molecule has 0 N–H and O–H groups in total. The molecule has 43 valence electrons. The second kappa shape index (κ2) is 3.57. The lowest BCUT2D eigenvalue weighted by atomic mass is 10.3. The Morgan fingerprint density at radius 2 is 2.00 bits per heavy atom. The predicted molar refractivity (Wildman–Crippen MR) is 34.9 cm³/mol. The summed E-state index contributed by atoms with van der Waals surface area (Å²) in [6.07, 6.45) is 0.888. The predicted octanol–water partition coefficient (Wildman–Crippen LogP) is 2.45. The van der Waals surface area contributed by atoms with Gasteiger partial charge in [-0.2, -0.15) is 0 Å². The largest absolute Gasteiger partial charge is 0.121 e. The van der Waals surface area contributed by atoms with E-state index in [1.165, 1.54) is 0 Å². The van der Waals surface area contributed by atoms with Gasteiger partial charge in [0.05, 0.1) is 0 Å². The van der Waals surface area contributed by atoms with Crippen molar-refractivity contribution in [3.05, 3.63) is 6.92 Å².